The predicted octanol–water partition coefficient (Wildman–Crippen LogP) is 0.922. The van der Waals surface area contributed by atoms with Crippen LogP contribution in [0.15, 0.2) is 30.3 Å². The molecule has 3 fully saturated rings. The number of carboxylic acid groups (broad SMARTS) is 1. The lowest BCUT2D eigenvalue weighted by Gasteiger charge is -2.40. The molecule has 2 heterocycles. The number of nitrogens with zero attached hydrogens (tertiary/aromatic N) is 2. The van der Waals surface area contributed by atoms with Gasteiger partial charge in [0.25, 0.3) is 0 Å². The van der Waals surface area contributed by atoms with Gasteiger partial charge in [0.05, 0.1) is 5.41 Å². The number of benzene rings is 1. The third-order valence-corrected chi connectivity index (χ3v) is 6.95. The Hall–Kier alpha value is -2.52. The van der Waals surface area contributed by atoms with Crippen molar-refractivity contribution in [3.63, 3.8) is 0 Å². The molecule has 1 amide bonds. The predicted molar refractivity (Wildman–Crippen MR) is 104 cm³/mol. The van der Waals surface area contributed by atoms with Gasteiger partial charge in [0.1, 0.15) is 6.04 Å². The molecule has 3 aliphatic rings. The molecule has 0 radical (unpaired) electrons. The number of hydrazine groups is 1. The first-order chi connectivity index (χ1) is 13.9. The molecule has 1 saturated carbocycles. The molecule has 9 nitrogen and oxygen atoms in total. The number of hydrogen-bond acceptors (Lipinski definition) is 6. The van der Waals surface area contributed by atoms with Crippen LogP contribution < -0.4 is 10.9 Å². The van der Waals surface area contributed by atoms with Gasteiger partial charge in [-0.2, -0.15) is 0 Å². The molecule has 1 aromatic rings. The van der Waals surface area contributed by atoms with Crippen LogP contribution in [0.3, 0.4) is 0 Å². The smallest absolute Gasteiger partial charge is 0.314 e. The minimum absolute atomic E-state index is 0.0624. The van der Waals surface area contributed by atoms with Crippen LogP contribution in [0, 0.1) is 16.0 Å². The molecule has 1 aromatic carbocycles. The molecule has 2 saturated heterocycles. The van der Waals surface area contributed by atoms with E-state index in [4.69, 9.17) is 0 Å². The van der Waals surface area contributed by atoms with Crippen molar-refractivity contribution < 1.29 is 19.6 Å². The van der Waals surface area contributed by atoms with Crippen molar-refractivity contribution in [3.05, 3.63) is 46.0 Å². The van der Waals surface area contributed by atoms with Crippen molar-refractivity contribution >= 4 is 11.9 Å². The zero-order chi connectivity index (χ0) is 20.6. The maximum Gasteiger partial charge on any atom is 0.314 e. The zero-order valence-corrected chi connectivity index (χ0v) is 16.1. The second-order valence-electron chi connectivity index (χ2n) is 8.37. The first-order valence-corrected chi connectivity index (χ1v) is 10.1. The number of piperidine rings is 1. The Morgan fingerprint density at radius 3 is 2.45 bits per heavy atom. The molecule has 3 N–H and O–H groups in total. The molecular formula is C20H26N4O5. The van der Waals surface area contributed by atoms with Crippen LogP contribution in [0.2, 0.25) is 0 Å². The van der Waals surface area contributed by atoms with Gasteiger partial charge in [-0.25, -0.2) is 5.43 Å². The summed E-state index contributed by atoms with van der Waals surface area (Å²) in [5.41, 5.74) is 5.97. The van der Waals surface area contributed by atoms with Gasteiger partial charge < -0.3 is 10.0 Å². The van der Waals surface area contributed by atoms with E-state index >= 15 is 0 Å². The van der Waals surface area contributed by atoms with Crippen LogP contribution in [0.4, 0.5) is 0 Å². The van der Waals surface area contributed by atoms with E-state index in [1.54, 1.807) is 4.90 Å². The summed E-state index contributed by atoms with van der Waals surface area (Å²) in [4.78, 5) is 37.9. The fraction of sp³-hybridized carbons (Fsp3) is 0.600. The standard InChI is InChI=1S/C20H26N4O5/c25-18(17-15-12-14(24(28)29)6-7-16(15)21-22-17)23-10-8-20(9-11-23,19(26)27)13-4-2-1-3-5-13/h1-5,14-17,21-22H,6-12H2,(H,26,27). The van der Waals surface area contributed by atoms with E-state index in [2.05, 4.69) is 10.9 Å². The van der Waals surface area contributed by atoms with Gasteiger partial charge in [-0.05, 0) is 24.8 Å². The Morgan fingerprint density at radius 1 is 1.14 bits per heavy atom. The number of likely N-dealkylation sites (tertiary alicyclic amines) is 1. The highest BCUT2D eigenvalue weighted by Crippen LogP contribution is 2.37. The largest absolute Gasteiger partial charge is 0.481 e. The number of rotatable bonds is 4. The number of amides is 1. The monoisotopic (exact) mass is 402 g/mol. The van der Waals surface area contributed by atoms with Crippen LogP contribution in [-0.2, 0) is 15.0 Å². The minimum atomic E-state index is -0.983. The molecule has 4 rings (SSSR count). The highest BCUT2D eigenvalue weighted by atomic mass is 16.6. The molecule has 0 aromatic heterocycles. The molecule has 4 unspecified atom stereocenters. The van der Waals surface area contributed by atoms with E-state index in [1.165, 1.54) is 0 Å². The normalized spacial score (nSPS) is 31.1. The van der Waals surface area contributed by atoms with Crippen LogP contribution in [0.1, 0.15) is 37.7 Å². The number of aliphatic carboxylic acids is 1. The summed E-state index contributed by atoms with van der Waals surface area (Å²) in [6, 6.07) is 8.14. The number of carboxylic acids is 1. The maximum absolute atomic E-state index is 13.2. The van der Waals surface area contributed by atoms with Gasteiger partial charge in [-0.3, -0.25) is 25.1 Å². The molecule has 0 bridgehead atoms. The first kappa shape index (κ1) is 19.8. The van der Waals surface area contributed by atoms with Gasteiger partial charge in [0, 0.05) is 42.8 Å². The van der Waals surface area contributed by atoms with Crippen molar-refractivity contribution in [1.82, 2.24) is 15.8 Å². The molecule has 2 aliphatic heterocycles. The van der Waals surface area contributed by atoms with E-state index in [9.17, 15) is 24.8 Å². The SMILES string of the molecule is O=C(C1NNC2CCC([N+](=O)[O-])CC21)N1CCC(C(=O)O)(c2ccccc2)CC1. The van der Waals surface area contributed by atoms with Crippen LogP contribution in [0.25, 0.3) is 0 Å². The summed E-state index contributed by atoms with van der Waals surface area (Å²) in [6.07, 6.45) is 2.27. The van der Waals surface area contributed by atoms with E-state index in [0.717, 1.165) is 5.56 Å². The second-order valence-corrected chi connectivity index (χ2v) is 8.37. The van der Waals surface area contributed by atoms with E-state index in [1.807, 2.05) is 30.3 Å². The number of nitrogens with one attached hydrogen (secondary N) is 2. The van der Waals surface area contributed by atoms with Crippen molar-refractivity contribution in [2.75, 3.05) is 13.1 Å². The molecule has 29 heavy (non-hydrogen) atoms. The molecule has 4 atom stereocenters. The molecule has 9 heteroatoms. The fourth-order valence-electron chi connectivity index (χ4n) is 5.16. The Bertz CT molecular complexity index is 793. The quantitative estimate of drug-likeness (QED) is 0.505. The Kier molecular flexibility index (Phi) is 5.26. The summed E-state index contributed by atoms with van der Waals surface area (Å²) in [5.74, 6) is -1.08. The van der Waals surface area contributed by atoms with Gasteiger partial charge >= 0.3 is 5.97 Å². The molecule has 156 valence electrons. The van der Waals surface area contributed by atoms with Gasteiger partial charge in [-0.15, -0.1) is 0 Å². The number of carbonyl (C=O) groups excluding carboxylic acids is 1. The highest BCUT2D eigenvalue weighted by Gasteiger charge is 2.49. The maximum atomic E-state index is 13.2. The first-order valence-electron chi connectivity index (χ1n) is 10.1. The third-order valence-electron chi connectivity index (χ3n) is 6.95. The minimum Gasteiger partial charge on any atom is -0.481 e. The molecule has 0 spiro atoms. The third kappa shape index (κ3) is 3.49. The summed E-state index contributed by atoms with van der Waals surface area (Å²) in [5, 5.41) is 21.1. The van der Waals surface area contributed by atoms with Gasteiger partial charge in [-0.1, -0.05) is 30.3 Å². The van der Waals surface area contributed by atoms with E-state index < -0.39 is 23.5 Å². The average Bonchev–Trinajstić information content (AvgIpc) is 3.17. The van der Waals surface area contributed by atoms with Crippen LogP contribution in [0.5, 0.6) is 0 Å². The summed E-state index contributed by atoms with van der Waals surface area (Å²) in [6.45, 7) is 0.711. The van der Waals surface area contributed by atoms with Gasteiger partial charge in [0.15, 0.2) is 0 Å². The van der Waals surface area contributed by atoms with E-state index in [-0.39, 0.29) is 22.8 Å². The van der Waals surface area contributed by atoms with Gasteiger partial charge in [0.2, 0.25) is 11.9 Å². The Balaban J connectivity index is 1.45. The summed E-state index contributed by atoms with van der Waals surface area (Å²) < 4.78 is 0. The van der Waals surface area contributed by atoms with Crippen LogP contribution in [-0.4, -0.2) is 58.0 Å². The van der Waals surface area contributed by atoms with E-state index in [0.29, 0.717) is 45.2 Å². The lowest BCUT2D eigenvalue weighted by Crippen LogP contribution is -2.54. The van der Waals surface area contributed by atoms with Crippen molar-refractivity contribution in [2.24, 2.45) is 5.92 Å². The topological polar surface area (TPSA) is 125 Å². The average molecular weight is 402 g/mol. The van der Waals surface area contributed by atoms with Crippen molar-refractivity contribution in [2.45, 2.75) is 55.6 Å². The van der Waals surface area contributed by atoms with Crippen molar-refractivity contribution in [1.29, 1.82) is 0 Å². The van der Waals surface area contributed by atoms with Crippen LogP contribution >= 0.6 is 0 Å². The Morgan fingerprint density at radius 2 is 1.83 bits per heavy atom. The lowest BCUT2D eigenvalue weighted by atomic mass is 9.72. The number of nitro groups is 1. The zero-order valence-electron chi connectivity index (χ0n) is 16.1. The number of carbonyl (C=O) groups is 2. The van der Waals surface area contributed by atoms with Crippen molar-refractivity contribution in [3.8, 4) is 0 Å². The second kappa shape index (κ2) is 7.72. The molecule has 1 aliphatic carbocycles. The number of hydrogen-bond donors (Lipinski definition) is 3. The molecular weight excluding hydrogens is 376 g/mol. The fourth-order valence-corrected chi connectivity index (χ4v) is 5.16. The summed E-state index contributed by atoms with van der Waals surface area (Å²) >= 11 is 0. The summed E-state index contributed by atoms with van der Waals surface area (Å²) in [7, 11) is 0. The lowest BCUT2D eigenvalue weighted by molar-refractivity contribution is -0.528. The Labute approximate surface area is 168 Å². The highest BCUT2D eigenvalue weighted by molar-refractivity contribution is 5.85. The number of fused-ring (bicyclic) bond motifs is 1.